The zero-order valence-corrected chi connectivity index (χ0v) is 9.91. The standard InChI is InChI=1S/C10H12BrNO4/c11-5-1-2-6(12-3-5)10-9(15)8(14)7(4-13)16-10/h1-3,7-10,13-15H,4H2/t7-,8-,9-,10-/m1/s1. The summed E-state index contributed by atoms with van der Waals surface area (Å²) in [5.74, 6) is 0. The zero-order valence-electron chi connectivity index (χ0n) is 8.32. The second-order valence-corrected chi connectivity index (χ2v) is 4.58. The number of aromatic nitrogens is 1. The largest absolute Gasteiger partial charge is 0.394 e. The predicted molar refractivity (Wildman–Crippen MR) is 58.7 cm³/mol. The van der Waals surface area contributed by atoms with Gasteiger partial charge < -0.3 is 20.1 Å². The number of aliphatic hydroxyl groups excluding tert-OH is 3. The van der Waals surface area contributed by atoms with Gasteiger partial charge in [0.15, 0.2) is 0 Å². The van der Waals surface area contributed by atoms with Crippen LogP contribution >= 0.6 is 15.9 Å². The first-order chi connectivity index (χ1) is 7.63. The minimum absolute atomic E-state index is 0.328. The summed E-state index contributed by atoms with van der Waals surface area (Å²) in [4.78, 5) is 4.09. The third-order valence-electron chi connectivity index (χ3n) is 2.58. The summed E-state index contributed by atoms with van der Waals surface area (Å²) in [6, 6.07) is 3.47. The molecule has 0 saturated carbocycles. The van der Waals surface area contributed by atoms with Gasteiger partial charge in [0, 0.05) is 10.7 Å². The van der Waals surface area contributed by atoms with Gasteiger partial charge in [0.05, 0.1) is 12.3 Å². The Labute approximate surface area is 101 Å². The molecule has 0 radical (unpaired) electrons. The lowest BCUT2D eigenvalue weighted by atomic mass is 10.1. The molecule has 0 spiro atoms. The molecular weight excluding hydrogens is 278 g/mol. The number of nitrogens with zero attached hydrogens (tertiary/aromatic N) is 1. The summed E-state index contributed by atoms with van der Waals surface area (Å²) < 4.78 is 6.16. The molecule has 1 saturated heterocycles. The summed E-state index contributed by atoms with van der Waals surface area (Å²) in [5, 5.41) is 28.3. The fraction of sp³-hybridized carbons (Fsp3) is 0.500. The molecule has 2 heterocycles. The predicted octanol–water partition coefficient (Wildman–Crippen LogP) is -0.00190. The fourth-order valence-corrected chi connectivity index (χ4v) is 1.93. The lowest BCUT2D eigenvalue weighted by Crippen LogP contribution is -2.32. The van der Waals surface area contributed by atoms with Gasteiger partial charge in [-0.05, 0) is 28.1 Å². The van der Waals surface area contributed by atoms with Crippen LogP contribution in [0.1, 0.15) is 11.8 Å². The van der Waals surface area contributed by atoms with Gasteiger partial charge in [-0.15, -0.1) is 0 Å². The molecular formula is C10H12BrNO4. The first kappa shape index (κ1) is 11.9. The van der Waals surface area contributed by atoms with E-state index in [1.54, 1.807) is 18.3 Å². The smallest absolute Gasteiger partial charge is 0.128 e. The van der Waals surface area contributed by atoms with Gasteiger partial charge in [-0.25, -0.2) is 0 Å². The third kappa shape index (κ3) is 2.11. The highest BCUT2D eigenvalue weighted by Gasteiger charge is 2.43. The molecule has 1 aliphatic rings. The highest BCUT2D eigenvalue weighted by atomic mass is 79.9. The van der Waals surface area contributed by atoms with Crippen LogP contribution in [0, 0.1) is 0 Å². The Hall–Kier alpha value is -0.530. The van der Waals surface area contributed by atoms with Crippen LogP contribution in [0.4, 0.5) is 0 Å². The quantitative estimate of drug-likeness (QED) is 0.714. The highest BCUT2D eigenvalue weighted by molar-refractivity contribution is 9.10. The van der Waals surface area contributed by atoms with E-state index < -0.39 is 24.4 Å². The van der Waals surface area contributed by atoms with Gasteiger partial charge >= 0.3 is 0 Å². The van der Waals surface area contributed by atoms with Crippen LogP contribution in [-0.4, -0.2) is 45.2 Å². The molecule has 1 fully saturated rings. The topological polar surface area (TPSA) is 82.8 Å². The number of ether oxygens (including phenoxy) is 1. The molecule has 6 heteroatoms. The van der Waals surface area contributed by atoms with E-state index in [0.29, 0.717) is 5.69 Å². The monoisotopic (exact) mass is 289 g/mol. The maximum absolute atomic E-state index is 9.74. The third-order valence-corrected chi connectivity index (χ3v) is 3.05. The minimum Gasteiger partial charge on any atom is -0.394 e. The number of aliphatic hydroxyl groups is 3. The van der Waals surface area contributed by atoms with Gasteiger partial charge in [0.1, 0.15) is 24.4 Å². The van der Waals surface area contributed by atoms with E-state index in [9.17, 15) is 10.2 Å². The molecule has 0 unspecified atom stereocenters. The molecule has 0 amide bonds. The normalized spacial score (nSPS) is 34.2. The number of hydrogen-bond acceptors (Lipinski definition) is 5. The minimum atomic E-state index is -1.08. The maximum Gasteiger partial charge on any atom is 0.128 e. The van der Waals surface area contributed by atoms with E-state index in [2.05, 4.69) is 20.9 Å². The van der Waals surface area contributed by atoms with Crippen molar-refractivity contribution in [2.75, 3.05) is 6.61 Å². The molecule has 0 aromatic carbocycles. The first-order valence-electron chi connectivity index (χ1n) is 4.87. The molecule has 4 atom stereocenters. The van der Waals surface area contributed by atoms with Crippen molar-refractivity contribution in [2.24, 2.45) is 0 Å². The Morgan fingerprint density at radius 2 is 2.06 bits per heavy atom. The van der Waals surface area contributed by atoms with Gasteiger partial charge in [-0.2, -0.15) is 0 Å². The lowest BCUT2D eigenvalue weighted by Gasteiger charge is -2.13. The van der Waals surface area contributed by atoms with E-state index in [1.165, 1.54) is 0 Å². The molecule has 0 bridgehead atoms. The summed E-state index contributed by atoms with van der Waals surface area (Å²) >= 11 is 3.25. The van der Waals surface area contributed by atoms with Crippen LogP contribution in [0.2, 0.25) is 0 Å². The fourth-order valence-electron chi connectivity index (χ4n) is 1.70. The van der Waals surface area contributed by atoms with Crippen LogP contribution in [0.25, 0.3) is 0 Å². The van der Waals surface area contributed by atoms with E-state index in [0.717, 1.165) is 4.47 Å². The Kier molecular flexibility index (Phi) is 3.56. The number of halogens is 1. The average Bonchev–Trinajstić information content (AvgIpc) is 2.57. The highest BCUT2D eigenvalue weighted by Crippen LogP contribution is 2.32. The van der Waals surface area contributed by atoms with Crippen molar-refractivity contribution >= 4 is 15.9 Å². The van der Waals surface area contributed by atoms with Crippen LogP contribution < -0.4 is 0 Å². The molecule has 1 aliphatic heterocycles. The molecule has 1 aromatic heterocycles. The van der Waals surface area contributed by atoms with Crippen LogP contribution in [-0.2, 0) is 4.74 Å². The second kappa shape index (κ2) is 4.77. The summed E-state index contributed by atoms with van der Waals surface area (Å²) in [6.07, 6.45) is -2.01. The van der Waals surface area contributed by atoms with Crippen molar-refractivity contribution in [3.63, 3.8) is 0 Å². The molecule has 0 aliphatic carbocycles. The molecule has 2 rings (SSSR count). The number of hydrogen-bond donors (Lipinski definition) is 3. The zero-order chi connectivity index (χ0) is 11.7. The number of rotatable bonds is 2. The molecule has 5 nitrogen and oxygen atoms in total. The summed E-state index contributed by atoms with van der Waals surface area (Å²) in [6.45, 7) is -0.328. The van der Waals surface area contributed by atoms with Gasteiger partial charge in [-0.3, -0.25) is 4.98 Å². The van der Waals surface area contributed by atoms with Gasteiger partial charge in [-0.1, -0.05) is 0 Å². The van der Waals surface area contributed by atoms with Crippen LogP contribution in [0.5, 0.6) is 0 Å². The van der Waals surface area contributed by atoms with Crippen molar-refractivity contribution in [1.82, 2.24) is 4.98 Å². The van der Waals surface area contributed by atoms with E-state index >= 15 is 0 Å². The Bertz CT molecular complexity index is 358. The van der Waals surface area contributed by atoms with Gasteiger partial charge in [0.25, 0.3) is 0 Å². The van der Waals surface area contributed by atoms with Gasteiger partial charge in [0.2, 0.25) is 0 Å². The van der Waals surface area contributed by atoms with Crippen molar-refractivity contribution in [3.8, 4) is 0 Å². The average molecular weight is 290 g/mol. The summed E-state index contributed by atoms with van der Waals surface area (Å²) in [5.41, 5.74) is 0.533. The lowest BCUT2D eigenvalue weighted by molar-refractivity contribution is -0.0239. The molecule has 3 N–H and O–H groups in total. The second-order valence-electron chi connectivity index (χ2n) is 3.66. The van der Waals surface area contributed by atoms with Crippen molar-refractivity contribution in [2.45, 2.75) is 24.4 Å². The van der Waals surface area contributed by atoms with E-state index in [1.807, 2.05) is 0 Å². The summed E-state index contributed by atoms with van der Waals surface area (Å²) in [7, 11) is 0. The van der Waals surface area contributed by atoms with Crippen LogP contribution in [0.3, 0.4) is 0 Å². The molecule has 1 aromatic rings. The number of pyridine rings is 1. The van der Waals surface area contributed by atoms with Crippen molar-refractivity contribution in [3.05, 3.63) is 28.5 Å². The Morgan fingerprint density at radius 3 is 2.56 bits per heavy atom. The molecule has 16 heavy (non-hydrogen) atoms. The maximum atomic E-state index is 9.74. The van der Waals surface area contributed by atoms with Crippen molar-refractivity contribution in [1.29, 1.82) is 0 Å². The Balaban J connectivity index is 2.19. The Morgan fingerprint density at radius 1 is 1.31 bits per heavy atom. The van der Waals surface area contributed by atoms with Crippen LogP contribution in [0.15, 0.2) is 22.8 Å². The van der Waals surface area contributed by atoms with E-state index in [-0.39, 0.29) is 6.61 Å². The SMILES string of the molecule is OC[C@H]1O[C@H](c2ccc(Br)cn2)[C@H](O)[C@@H]1O. The van der Waals surface area contributed by atoms with Crippen molar-refractivity contribution < 1.29 is 20.1 Å². The molecule has 88 valence electrons. The van der Waals surface area contributed by atoms with E-state index in [4.69, 9.17) is 9.84 Å². The first-order valence-corrected chi connectivity index (χ1v) is 5.66.